The van der Waals surface area contributed by atoms with Crippen molar-refractivity contribution in [2.45, 2.75) is 6.54 Å². The number of anilines is 1. The molecule has 0 saturated heterocycles. The highest BCUT2D eigenvalue weighted by molar-refractivity contribution is 6.30. The molecule has 0 spiro atoms. The summed E-state index contributed by atoms with van der Waals surface area (Å²) < 4.78 is 10.7. The Bertz CT molecular complexity index is 892. The minimum absolute atomic E-state index is 0.00109. The van der Waals surface area contributed by atoms with Gasteiger partial charge in [-0.3, -0.25) is 9.69 Å². The van der Waals surface area contributed by atoms with E-state index in [0.717, 1.165) is 5.56 Å². The van der Waals surface area contributed by atoms with Gasteiger partial charge in [0.1, 0.15) is 5.75 Å². The maximum Gasteiger partial charge on any atom is 0.265 e. The van der Waals surface area contributed by atoms with Gasteiger partial charge in [0.2, 0.25) is 0 Å². The summed E-state index contributed by atoms with van der Waals surface area (Å²) in [5.41, 5.74) is 1.47. The van der Waals surface area contributed by atoms with Crippen LogP contribution in [0.2, 0.25) is 5.02 Å². The minimum atomic E-state index is -0.147. The highest BCUT2D eigenvalue weighted by Crippen LogP contribution is 2.32. The van der Waals surface area contributed by atoms with Crippen molar-refractivity contribution in [3.63, 3.8) is 0 Å². The van der Waals surface area contributed by atoms with E-state index in [2.05, 4.69) is 10.1 Å². The first-order valence-corrected chi connectivity index (χ1v) is 7.69. The maximum absolute atomic E-state index is 12.2. The largest absolute Gasteiger partial charge is 0.482 e. The molecule has 3 aromatic rings. The molecular formula is C17H12ClN3O3. The van der Waals surface area contributed by atoms with E-state index in [0.29, 0.717) is 28.2 Å². The molecule has 24 heavy (non-hydrogen) atoms. The summed E-state index contributed by atoms with van der Waals surface area (Å²) in [5, 5.41) is 4.60. The number of hydrogen-bond donors (Lipinski definition) is 0. The molecule has 0 unspecified atom stereocenters. The monoisotopic (exact) mass is 341 g/mol. The lowest BCUT2D eigenvalue weighted by atomic mass is 10.2. The zero-order chi connectivity index (χ0) is 16.5. The van der Waals surface area contributed by atoms with Gasteiger partial charge in [-0.15, -0.1) is 0 Å². The van der Waals surface area contributed by atoms with E-state index in [1.54, 1.807) is 29.2 Å². The van der Waals surface area contributed by atoms with Gasteiger partial charge in [-0.2, -0.15) is 4.98 Å². The Labute approximate surface area is 142 Å². The lowest BCUT2D eigenvalue weighted by Gasteiger charge is -2.28. The van der Waals surface area contributed by atoms with Crippen molar-refractivity contribution in [2.24, 2.45) is 0 Å². The van der Waals surface area contributed by atoms with Crippen molar-refractivity contribution in [3.05, 3.63) is 59.4 Å². The van der Waals surface area contributed by atoms with Gasteiger partial charge in [0.25, 0.3) is 11.8 Å². The molecule has 0 bridgehead atoms. The van der Waals surface area contributed by atoms with E-state index in [1.807, 2.05) is 24.3 Å². The van der Waals surface area contributed by atoms with Crippen LogP contribution in [0.4, 0.5) is 5.69 Å². The summed E-state index contributed by atoms with van der Waals surface area (Å²) in [7, 11) is 0. The molecule has 0 radical (unpaired) electrons. The lowest BCUT2D eigenvalue weighted by Crippen LogP contribution is -2.38. The number of carbonyl (C=O) groups is 1. The number of benzene rings is 2. The summed E-state index contributed by atoms with van der Waals surface area (Å²) in [6.45, 7) is 0.217. The number of amides is 1. The molecule has 120 valence electrons. The Hall–Kier alpha value is -2.86. The molecule has 1 amide bonds. The van der Waals surface area contributed by atoms with Crippen LogP contribution in [0.5, 0.6) is 5.75 Å². The summed E-state index contributed by atoms with van der Waals surface area (Å²) in [6, 6.07) is 14.5. The second kappa shape index (κ2) is 5.98. The van der Waals surface area contributed by atoms with Crippen LogP contribution < -0.4 is 9.64 Å². The zero-order valence-corrected chi connectivity index (χ0v) is 13.2. The van der Waals surface area contributed by atoms with E-state index in [9.17, 15) is 4.79 Å². The number of hydrogen-bond acceptors (Lipinski definition) is 5. The smallest absolute Gasteiger partial charge is 0.265 e. The van der Waals surface area contributed by atoms with Crippen molar-refractivity contribution in [3.8, 4) is 17.2 Å². The number of carbonyl (C=O) groups excluding carboxylic acids is 1. The van der Waals surface area contributed by atoms with Crippen molar-refractivity contribution < 1.29 is 14.1 Å². The van der Waals surface area contributed by atoms with Gasteiger partial charge in [-0.25, -0.2) is 0 Å². The Morgan fingerprint density at radius 2 is 1.92 bits per heavy atom. The molecule has 0 fully saturated rings. The van der Waals surface area contributed by atoms with Crippen LogP contribution in [0.15, 0.2) is 53.1 Å². The fourth-order valence-corrected chi connectivity index (χ4v) is 2.62. The minimum Gasteiger partial charge on any atom is -0.482 e. The first kappa shape index (κ1) is 14.7. The number of aromatic nitrogens is 2. The summed E-state index contributed by atoms with van der Waals surface area (Å²) in [5.74, 6) is 1.32. The topological polar surface area (TPSA) is 68.5 Å². The molecule has 0 aliphatic carbocycles. The predicted molar refractivity (Wildman–Crippen MR) is 87.9 cm³/mol. The quantitative estimate of drug-likeness (QED) is 0.731. The van der Waals surface area contributed by atoms with E-state index in [1.165, 1.54) is 0 Å². The van der Waals surface area contributed by atoms with Crippen molar-refractivity contribution in [2.75, 3.05) is 11.5 Å². The van der Waals surface area contributed by atoms with Gasteiger partial charge in [-0.05, 0) is 36.4 Å². The number of nitrogens with zero attached hydrogens (tertiary/aromatic N) is 3. The average Bonchev–Trinajstić information content (AvgIpc) is 3.07. The lowest BCUT2D eigenvalue weighted by molar-refractivity contribution is -0.121. The van der Waals surface area contributed by atoms with Gasteiger partial charge in [0, 0.05) is 10.6 Å². The number of para-hydroxylation sites is 2. The van der Waals surface area contributed by atoms with Crippen LogP contribution in [0.3, 0.4) is 0 Å². The molecule has 7 heteroatoms. The molecular weight excluding hydrogens is 330 g/mol. The van der Waals surface area contributed by atoms with E-state index in [4.69, 9.17) is 20.9 Å². The van der Waals surface area contributed by atoms with Gasteiger partial charge in [0.05, 0.1) is 12.2 Å². The maximum atomic E-state index is 12.2. The van der Waals surface area contributed by atoms with Crippen LogP contribution in [0, 0.1) is 0 Å². The van der Waals surface area contributed by atoms with Crippen LogP contribution in [-0.4, -0.2) is 22.7 Å². The summed E-state index contributed by atoms with van der Waals surface area (Å²) >= 11 is 5.87. The number of halogens is 1. The van der Waals surface area contributed by atoms with E-state index in [-0.39, 0.29) is 19.1 Å². The molecule has 4 rings (SSSR count). The van der Waals surface area contributed by atoms with Gasteiger partial charge in [0.15, 0.2) is 12.4 Å². The summed E-state index contributed by atoms with van der Waals surface area (Å²) in [4.78, 5) is 18.1. The van der Waals surface area contributed by atoms with Crippen LogP contribution in [-0.2, 0) is 11.3 Å². The number of rotatable bonds is 3. The molecule has 1 aliphatic heterocycles. The highest BCUT2D eigenvalue weighted by atomic mass is 35.5. The van der Waals surface area contributed by atoms with E-state index >= 15 is 0 Å². The molecule has 0 atom stereocenters. The van der Waals surface area contributed by atoms with Gasteiger partial charge < -0.3 is 9.26 Å². The third kappa shape index (κ3) is 2.72. The van der Waals surface area contributed by atoms with Crippen LogP contribution in [0.25, 0.3) is 11.5 Å². The Morgan fingerprint density at radius 1 is 1.12 bits per heavy atom. The molecule has 0 saturated carbocycles. The first-order chi connectivity index (χ1) is 11.7. The van der Waals surface area contributed by atoms with E-state index < -0.39 is 0 Å². The molecule has 6 nitrogen and oxygen atoms in total. The molecule has 1 aliphatic rings. The molecule has 2 aromatic carbocycles. The Balaban J connectivity index is 1.60. The Kier molecular flexibility index (Phi) is 3.66. The molecule has 2 heterocycles. The first-order valence-electron chi connectivity index (χ1n) is 7.31. The fourth-order valence-electron chi connectivity index (χ4n) is 2.50. The van der Waals surface area contributed by atoms with Crippen LogP contribution in [0.1, 0.15) is 5.82 Å². The third-order valence-electron chi connectivity index (χ3n) is 3.67. The second-order valence-corrected chi connectivity index (χ2v) is 5.70. The van der Waals surface area contributed by atoms with Crippen LogP contribution >= 0.6 is 11.6 Å². The zero-order valence-electron chi connectivity index (χ0n) is 12.5. The summed E-state index contributed by atoms with van der Waals surface area (Å²) in [6.07, 6.45) is 0. The SMILES string of the molecule is O=C1COc2ccccc2N1Cc1noc(-c2ccc(Cl)cc2)n1. The second-order valence-electron chi connectivity index (χ2n) is 5.26. The molecule has 0 N–H and O–H groups in total. The number of ether oxygens (including phenoxy) is 1. The van der Waals surface area contributed by atoms with Gasteiger partial charge in [-0.1, -0.05) is 28.9 Å². The predicted octanol–water partition coefficient (Wildman–Crippen LogP) is 3.32. The third-order valence-corrected chi connectivity index (χ3v) is 3.92. The highest BCUT2D eigenvalue weighted by Gasteiger charge is 2.26. The van der Waals surface area contributed by atoms with Crippen molar-refractivity contribution in [1.29, 1.82) is 0 Å². The average molecular weight is 342 g/mol. The van der Waals surface area contributed by atoms with Crippen molar-refractivity contribution in [1.82, 2.24) is 10.1 Å². The Morgan fingerprint density at radius 3 is 2.75 bits per heavy atom. The van der Waals surface area contributed by atoms with Crippen molar-refractivity contribution >= 4 is 23.2 Å². The van der Waals surface area contributed by atoms with Gasteiger partial charge >= 0.3 is 0 Å². The fraction of sp³-hybridized carbons (Fsp3) is 0.118. The standard InChI is InChI=1S/C17H12ClN3O3/c18-12-7-5-11(6-8-12)17-19-15(20-24-17)9-21-13-3-1-2-4-14(13)23-10-16(21)22/h1-8H,9-10H2. The number of fused-ring (bicyclic) bond motifs is 1. The normalized spacial score (nSPS) is 13.5. The molecule has 1 aromatic heterocycles.